The molecule has 0 saturated heterocycles. The van der Waals surface area contributed by atoms with Gasteiger partial charge >= 0.3 is 0 Å². The van der Waals surface area contributed by atoms with Gasteiger partial charge < -0.3 is 9.22 Å². The lowest BCUT2D eigenvalue weighted by molar-refractivity contribution is -0.109. The second-order valence-electron chi connectivity index (χ2n) is 5.21. The fourth-order valence-electron chi connectivity index (χ4n) is 2.35. The molecule has 0 bridgehead atoms. The first kappa shape index (κ1) is 16.1. The Kier molecular flexibility index (Phi) is 6.45. The van der Waals surface area contributed by atoms with E-state index in [2.05, 4.69) is 39.8 Å². The molecule has 0 aromatic heterocycles. The third-order valence-corrected chi connectivity index (χ3v) is 8.82. The number of benzene rings is 1. The molecule has 0 spiro atoms. The van der Waals surface area contributed by atoms with Gasteiger partial charge in [-0.25, -0.2) is 0 Å². The molecule has 1 atom stereocenters. The van der Waals surface area contributed by atoms with Gasteiger partial charge in [0, 0.05) is 6.61 Å². The highest BCUT2D eigenvalue weighted by Gasteiger charge is 2.29. The number of hydrogen-bond acceptors (Lipinski definition) is 2. The molecule has 0 aliphatic rings. The minimum atomic E-state index is -1.60. The van der Waals surface area contributed by atoms with Crippen LogP contribution in [0.5, 0.6) is 0 Å². The quantitative estimate of drug-likeness (QED) is 0.523. The highest BCUT2D eigenvalue weighted by molar-refractivity contribution is 6.73. The van der Waals surface area contributed by atoms with Crippen LogP contribution in [0.2, 0.25) is 18.1 Å². The van der Waals surface area contributed by atoms with Gasteiger partial charge in [-0.3, -0.25) is 0 Å². The summed E-state index contributed by atoms with van der Waals surface area (Å²) >= 11 is 0. The van der Waals surface area contributed by atoms with Crippen LogP contribution in [0.15, 0.2) is 24.3 Å². The predicted octanol–water partition coefficient (Wildman–Crippen LogP) is 4.30. The SMILES string of the molecule is CC[Si](CC)(CC)OC[C@@H](C=O)c1ccc(C)cc1. The molecule has 0 saturated carbocycles. The van der Waals surface area contributed by atoms with Crippen molar-refractivity contribution in [2.24, 2.45) is 0 Å². The van der Waals surface area contributed by atoms with Gasteiger partial charge in [-0.15, -0.1) is 0 Å². The van der Waals surface area contributed by atoms with Crippen molar-refractivity contribution in [1.82, 2.24) is 0 Å². The standard InChI is InChI=1S/C16H26O2Si/c1-5-19(6-2,7-3)18-13-16(12-17)15-10-8-14(4)9-11-15/h8-12,16H,5-7,13H2,1-4H3/t16-/m1/s1. The van der Waals surface area contributed by atoms with Crippen molar-refractivity contribution in [2.45, 2.75) is 51.7 Å². The van der Waals surface area contributed by atoms with E-state index in [0.29, 0.717) is 6.61 Å². The Hall–Kier alpha value is -0.933. The third-order valence-electron chi connectivity index (χ3n) is 4.17. The van der Waals surface area contributed by atoms with Crippen molar-refractivity contribution in [3.63, 3.8) is 0 Å². The molecule has 0 unspecified atom stereocenters. The van der Waals surface area contributed by atoms with Crippen molar-refractivity contribution in [3.05, 3.63) is 35.4 Å². The van der Waals surface area contributed by atoms with E-state index < -0.39 is 8.32 Å². The first-order valence-electron chi connectivity index (χ1n) is 7.26. The van der Waals surface area contributed by atoms with Gasteiger partial charge in [0.1, 0.15) is 6.29 Å². The summed E-state index contributed by atoms with van der Waals surface area (Å²) in [5.41, 5.74) is 2.28. The van der Waals surface area contributed by atoms with E-state index in [1.54, 1.807) is 0 Å². The van der Waals surface area contributed by atoms with E-state index in [9.17, 15) is 4.79 Å². The lowest BCUT2D eigenvalue weighted by Crippen LogP contribution is -2.37. The minimum absolute atomic E-state index is 0.128. The van der Waals surface area contributed by atoms with Crippen LogP contribution in [-0.4, -0.2) is 21.2 Å². The van der Waals surface area contributed by atoms with Crippen molar-refractivity contribution in [2.75, 3.05) is 6.61 Å². The highest BCUT2D eigenvalue weighted by Crippen LogP contribution is 2.24. The zero-order valence-corrected chi connectivity index (χ0v) is 13.6. The summed E-state index contributed by atoms with van der Waals surface area (Å²) in [6.45, 7) is 9.22. The monoisotopic (exact) mass is 278 g/mol. The first-order valence-corrected chi connectivity index (χ1v) is 9.79. The van der Waals surface area contributed by atoms with Gasteiger partial charge in [0.25, 0.3) is 0 Å². The fourth-order valence-corrected chi connectivity index (χ4v) is 5.00. The van der Waals surface area contributed by atoms with Crippen LogP contribution in [0.1, 0.15) is 37.8 Å². The number of aryl methyl sites for hydroxylation is 1. The van der Waals surface area contributed by atoms with E-state index in [1.165, 1.54) is 5.56 Å². The topological polar surface area (TPSA) is 26.3 Å². The van der Waals surface area contributed by atoms with Crippen LogP contribution in [0.25, 0.3) is 0 Å². The zero-order chi connectivity index (χ0) is 14.3. The summed E-state index contributed by atoms with van der Waals surface area (Å²) in [4.78, 5) is 11.3. The van der Waals surface area contributed by atoms with Crippen LogP contribution in [0.4, 0.5) is 0 Å². The molecule has 0 N–H and O–H groups in total. The molecule has 19 heavy (non-hydrogen) atoms. The summed E-state index contributed by atoms with van der Waals surface area (Å²) < 4.78 is 6.22. The smallest absolute Gasteiger partial charge is 0.192 e. The summed E-state index contributed by atoms with van der Waals surface area (Å²) in [5, 5.41) is 0. The Bertz CT molecular complexity index is 374. The molecule has 1 aromatic rings. The molecule has 2 nitrogen and oxygen atoms in total. The number of carbonyl (C=O) groups excluding carboxylic acids is 1. The van der Waals surface area contributed by atoms with E-state index >= 15 is 0 Å². The second-order valence-corrected chi connectivity index (χ2v) is 9.98. The van der Waals surface area contributed by atoms with Crippen LogP contribution in [-0.2, 0) is 9.22 Å². The highest BCUT2D eigenvalue weighted by atomic mass is 28.4. The number of rotatable bonds is 8. The minimum Gasteiger partial charge on any atom is -0.416 e. The molecule has 106 valence electrons. The number of carbonyl (C=O) groups is 1. The molecule has 0 amide bonds. The van der Waals surface area contributed by atoms with E-state index in [-0.39, 0.29) is 5.92 Å². The van der Waals surface area contributed by atoms with E-state index in [1.807, 2.05) is 12.1 Å². The summed E-state index contributed by atoms with van der Waals surface area (Å²) in [6, 6.07) is 11.5. The molecular weight excluding hydrogens is 252 g/mol. The van der Waals surface area contributed by atoms with Crippen LogP contribution in [0, 0.1) is 6.92 Å². The molecular formula is C16H26O2Si. The van der Waals surface area contributed by atoms with Gasteiger partial charge in [-0.05, 0) is 30.6 Å². The van der Waals surface area contributed by atoms with Crippen molar-refractivity contribution >= 4 is 14.6 Å². The molecule has 3 heteroatoms. The summed E-state index contributed by atoms with van der Waals surface area (Å²) in [6.07, 6.45) is 1.02. The summed E-state index contributed by atoms with van der Waals surface area (Å²) in [7, 11) is -1.60. The Balaban J connectivity index is 2.72. The molecule has 0 radical (unpaired) electrons. The molecule has 0 heterocycles. The van der Waals surface area contributed by atoms with Gasteiger partial charge in [0.2, 0.25) is 0 Å². The average Bonchev–Trinajstić information content (AvgIpc) is 2.46. The number of aldehydes is 1. The van der Waals surface area contributed by atoms with E-state index in [0.717, 1.165) is 30.0 Å². The molecule has 1 aromatic carbocycles. The van der Waals surface area contributed by atoms with E-state index in [4.69, 9.17) is 4.43 Å². The fraction of sp³-hybridized carbons (Fsp3) is 0.562. The molecule has 1 rings (SSSR count). The Labute approximate surface area is 118 Å². The van der Waals surface area contributed by atoms with Crippen molar-refractivity contribution in [1.29, 1.82) is 0 Å². The zero-order valence-electron chi connectivity index (χ0n) is 12.6. The van der Waals surface area contributed by atoms with Gasteiger partial charge in [-0.2, -0.15) is 0 Å². The van der Waals surface area contributed by atoms with Gasteiger partial charge in [0.05, 0.1) is 5.92 Å². The Morgan fingerprint density at radius 1 is 1.11 bits per heavy atom. The summed E-state index contributed by atoms with van der Waals surface area (Å²) in [5.74, 6) is -0.128. The lowest BCUT2D eigenvalue weighted by Gasteiger charge is -2.29. The Morgan fingerprint density at radius 2 is 1.63 bits per heavy atom. The lowest BCUT2D eigenvalue weighted by atomic mass is 10.0. The maximum absolute atomic E-state index is 11.3. The second kappa shape index (κ2) is 7.61. The van der Waals surface area contributed by atoms with Crippen LogP contribution < -0.4 is 0 Å². The largest absolute Gasteiger partial charge is 0.416 e. The van der Waals surface area contributed by atoms with Gasteiger partial charge in [-0.1, -0.05) is 50.6 Å². The first-order chi connectivity index (χ1) is 9.10. The predicted molar refractivity (Wildman–Crippen MR) is 83.1 cm³/mol. The molecule has 0 aliphatic carbocycles. The van der Waals surface area contributed by atoms with Crippen LogP contribution >= 0.6 is 0 Å². The van der Waals surface area contributed by atoms with Crippen LogP contribution in [0.3, 0.4) is 0 Å². The van der Waals surface area contributed by atoms with Crippen molar-refractivity contribution < 1.29 is 9.22 Å². The maximum Gasteiger partial charge on any atom is 0.192 e. The van der Waals surface area contributed by atoms with Crippen molar-refractivity contribution in [3.8, 4) is 0 Å². The molecule has 0 aliphatic heterocycles. The third kappa shape index (κ3) is 4.29. The maximum atomic E-state index is 11.3. The average molecular weight is 278 g/mol. The van der Waals surface area contributed by atoms with Gasteiger partial charge in [0.15, 0.2) is 8.32 Å². The number of hydrogen-bond donors (Lipinski definition) is 0. The molecule has 0 fully saturated rings. The normalized spacial score (nSPS) is 13.3. The Morgan fingerprint density at radius 3 is 2.05 bits per heavy atom.